The van der Waals surface area contributed by atoms with Gasteiger partial charge in [0.1, 0.15) is 0 Å². The molecule has 1 aliphatic carbocycles. The molecule has 5 nitrogen and oxygen atoms in total. The molecule has 3 rings (SSSR count). The van der Waals surface area contributed by atoms with Crippen molar-refractivity contribution in [2.45, 2.75) is 23.8 Å². The Balaban J connectivity index is 1.78. The molecule has 0 saturated heterocycles. The maximum atomic E-state index is 11.3. The molecule has 0 fully saturated rings. The summed E-state index contributed by atoms with van der Waals surface area (Å²) in [5.74, 6) is 0. The first kappa shape index (κ1) is 13.9. The van der Waals surface area contributed by atoms with Gasteiger partial charge >= 0.3 is 0 Å². The average molecular weight is 303 g/mol. The predicted octanol–water partition coefficient (Wildman–Crippen LogP) is 1.50. The average Bonchev–Trinajstić information content (AvgIpc) is 2.82. The van der Waals surface area contributed by atoms with Crippen LogP contribution in [0, 0.1) is 0 Å². The quantitative estimate of drug-likeness (QED) is 0.748. The molecule has 0 saturated carbocycles. The fourth-order valence-electron chi connectivity index (χ4n) is 2.73. The van der Waals surface area contributed by atoms with Crippen LogP contribution in [-0.2, 0) is 22.9 Å². The van der Waals surface area contributed by atoms with Crippen molar-refractivity contribution in [1.82, 2.24) is 0 Å². The Morgan fingerprint density at radius 1 is 1.05 bits per heavy atom. The zero-order chi connectivity index (χ0) is 15.0. The van der Waals surface area contributed by atoms with Crippen LogP contribution < -0.4 is 16.2 Å². The van der Waals surface area contributed by atoms with Crippen molar-refractivity contribution in [2.75, 3.05) is 11.1 Å². The summed E-state index contributed by atoms with van der Waals surface area (Å²) >= 11 is 0. The SMILES string of the molecule is Nc1cc(S(N)(=O)=O)ccc1NC1Cc2ccccc2C1. The smallest absolute Gasteiger partial charge is 0.238 e. The van der Waals surface area contributed by atoms with Gasteiger partial charge in [0.05, 0.1) is 16.3 Å². The highest BCUT2D eigenvalue weighted by Crippen LogP contribution is 2.28. The van der Waals surface area contributed by atoms with E-state index in [1.807, 2.05) is 12.1 Å². The number of nitrogens with two attached hydrogens (primary N) is 2. The van der Waals surface area contributed by atoms with E-state index in [1.165, 1.54) is 23.3 Å². The summed E-state index contributed by atoms with van der Waals surface area (Å²) in [7, 11) is -3.72. The Morgan fingerprint density at radius 3 is 2.19 bits per heavy atom. The number of rotatable bonds is 3. The summed E-state index contributed by atoms with van der Waals surface area (Å²) in [4.78, 5) is 0.0280. The number of nitrogen functional groups attached to an aromatic ring is 1. The standard InChI is InChI=1S/C15H17N3O2S/c16-14-9-13(21(17,19)20)5-6-15(14)18-12-7-10-3-1-2-4-11(10)8-12/h1-6,9,12,18H,7-8,16H2,(H2,17,19,20). The van der Waals surface area contributed by atoms with Crippen LogP contribution >= 0.6 is 0 Å². The van der Waals surface area contributed by atoms with Gasteiger partial charge in [-0.3, -0.25) is 0 Å². The van der Waals surface area contributed by atoms with Crippen molar-refractivity contribution in [3.63, 3.8) is 0 Å². The first-order valence-corrected chi connectivity index (χ1v) is 8.24. The summed E-state index contributed by atoms with van der Waals surface area (Å²) in [6.07, 6.45) is 1.87. The molecular weight excluding hydrogens is 286 g/mol. The molecule has 1 aliphatic rings. The minimum Gasteiger partial charge on any atom is -0.397 e. The van der Waals surface area contributed by atoms with Gasteiger partial charge in [-0.1, -0.05) is 24.3 Å². The Bertz CT molecular complexity index is 762. The molecule has 110 valence electrons. The monoisotopic (exact) mass is 303 g/mol. The molecule has 0 spiro atoms. The van der Waals surface area contributed by atoms with Crippen molar-refractivity contribution < 1.29 is 8.42 Å². The van der Waals surface area contributed by atoms with Gasteiger partial charge in [-0.05, 0) is 42.2 Å². The van der Waals surface area contributed by atoms with Crippen LogP contribution in [0.5, 0.6) is 0 Å². The molecule has 0 bridgehead atoms. The summed E-state index contributed by atoms with van der Waals surface area (Å²) in [6, 6.07) is 13.1. The van der Waals surface area contributed by atoms with E-state index in [0.29, 0.717) is 5.69 Å². The lowest BCUT2D eigenvalue weighted by Gasteiger charge is -2.16. The molecule has 2 aromatic carbocycles. The maximum absolute atomic E-state index is 11.3. The lowest BCUT2D eigenvalue weighted by atomic mass is 10.1. The minimum atomic E-state index is -3.72. The fourth-order valence-corrected chi connectivity index (χ4v) is 3.28. The normalized spacial score (nSPS) is 14.9. The van der Waals surface area contributed by atoms with Gasteiger partial charge in [0, 0.05) is 6.04 Å². The van der Waals surface area contributed by atoms with E-state index in [1.54, 1.807) is 6.07 Å². The van der Waals surface area contributed by atoms with Gasteiger partial charge in [0.2, 0.25) is 10.0 Å². The second kappa shape index (κ2) is 5.05. The number of fused-ring (bicyclic) bond motifs is 1. The molecule has 0 atom stereocenters. The first-order valence-electron chi connectivity index (χ1n) is 6.69. The molecule has 0 heterocycles. The summed E-state index contributed by atoms with van der Waals surface area (Å²) in [6.45, 7) is 0. The molecule has 0 amide bonds. The van der Waals surface area contributed by atoms with Crippen LogP contribution in [-0.4, -0.2) is 14.5 Å². The van der Waals surface area contributed by atoms with E-state index in [0.717, 1.165) is 18.5 Å². The number of benzene rings is 2. The number of anilines is 2. The molecule has 5 N–H and O–H groups in total. The topological polar surface area (TPSA) is 98.2 Å². The Morgan fingerprint density at radius 2 is 1.67 bits per heavy atom. The van der Waals surface area contributed by atoms with Gasteiger partial charge in [-0.25, -0.2) is 13.6 Å². The highest BCUT2D eigenvalue weighted by molar-refractivity contribution is 7.89. The van der Waals surface area contributed by atoms with Gasteiger partial charge in [-0.15, -0.1) is 0 Å². The summed E-state index contributed by atoms with van der Waals surface area (Å²) in [5, 5.41) is 8.47. The van der Waals surface area contributed by atoms with E-state index in [2.05, 4.69) is 17.4 Å². The number of hydrogen-bond acceptors (Lipinski definition) is 4. The lowest BCUT2D eigenvalue weighted by molar-refractivity contribution is 0.598. The van der Waals surface area contributed by atoms with Crippen molar-refractivity contribution in [3.8, 4) is 0 Å². The third-order valence-electron chi connectivity index (χ3n) is 3.76. The maximum Gasteiger partial charge on any atom is 0.238 e. The van der Waals surface area contributed by atoms with Crippen LogP contribution in [0.25, 0.3) is 0 Å². The summed E-state index contributed by atoms with van der Waals surface area (Å²) in [5.41, 5.74) is 9.73. The Kier molecular flexibility index (Phi) is 3.35. The van der Waals surface area contributed by atoms with E-state index in [9.17, 15) is 8.42 Å². The highest BCUT2D eigenvalue weighted by atomic mass is 32.2. The van der Waals surface area contributed by atoms with Crippen LogP contribution in [0.3, 0.4) is 0 Å². The van der Waals surface area contributed by atoms with Gasteiger partial charge in [0.15, 0.2) is 0 Å². The molecule has 21 heavy (non-hydrogen) atoms. The summed E-state index contributed by atoms with van der Waals surface area (Å²) < 4.78 is 22.6. The van der Waals surface area contributed by atoms with E-state index in [4.69, 9.17) is 10.9 Å². The zero-order valence-corrected chi connectivity index (χ0v) is 12.2. The Labute approximate surface area is 124 Å². The third kappa shape index (κ3) is 2.86. The second-order valence-corrected chi connectivity index (χ2v) is 6.87. The van der Waals surface area contributed by atoms with Crippen molar-refractivity contribution in [1.29, 1.82) is 0 Å². The fraction of sp³-hybridized carbons (Fsp3) is 0.200. The third-order valence-corrected chi connectivity index (χ3v) is 4.67. The van der Waals surface area contributed by atoms with Crippen molar-refractivity contribution in [2.24, 2.45) is 5.14 Å². The van der Waals surface area contributed by atoms with Crippen LogP contribution in [0.2, 0.25) is 0 Å². The van der Waals surface area contributed by atoms with Gasteiger partial charge in [-0.2, -0.15) is 0 Å². The zero-order valence-electron chi connectivity index (χ0n) is 11.4. The number of sulfonamides is 1. The first-order chi connectivity index (χ1) is 9.93. The van der Waals surface area contributed by atoms with Gasteiger partial charge < -0.3 is 11.1 Å². The van der Waals surface area contributed by atoms with Gasteiger partial charge in [0.25, 0.3) is 0 Å². The van der Waals surface area contributed by atoms with Crippen molar-refractivity contribution >= 4 is 21.4 Å². The number of primary sulfonamides is 1. The second-order valence-electron chi connectivity index (χ2n) is 5.31. The molecule has 0 unspecified atom stereocenters. The number of nitrogens with one attached hydrogen (secondary N) is 1. The van der Waals surface area contributed by atoms with Crippen LogP contribution in [0.15, 0.2) is 47.4 Å². The molecule has 0 aliphatic heterocycles. The van der Waals surface area contributed by atoms with E-state index in [-0.39, 0.29) is 10.9 Å². The van der Waals surface area contributed by atoms with Crippen LogP contribution in [0.1, 0.15) is 11.1 Å². The van der Waals surface area contributed by atoms with E-state index < -0.39 is 10.0 Å². The van der Waals surface area contributed by atoms with Crippen LogP contribution in [0.4, 0.5) is 11.4 Å². The molecule has 0 aromatic heterocycles. The Hall–Kier alpha value is -2.05. The molecule has 2 aromatic rings. The largest absolute Gasteiger partial charge is 0.397 e. The predicted molar refractivity (Wildman–Crippen MR) is 83.5 cm³/mol. The number of hydrogen-bond donors (Lipinski definition) is 3. The van der Waals surface area contributed by atoms with E-state index >= 15 is 0 Å². The highest BCUT2D eigenvalue weighted by Gasteiger charge is 2.21. The molecular formula is C15H17N3O2S. The lowest BCUT2D eigenvalue weighted by Crippen LogP contribution is -2.20. The minimum absolute atomic E-state index is 0.0280. The molecule has 0 radical (unpaired) electrons. The molecule has 6 heteroatoms. The van der Waals surface area contributed by atoms with Crippen molar-refractivity contribution in [3.05, 3.63) is 53.6 Å².